The molecule has 4 heteroatoms. The highest BCUT2D eigenvalue weighted by Gasteiger charge is 2.08. The number of pyridine rings is 1. The van der Waals surface area contributed by atoms with Crippen LogP contribution in [-0.2, 0) is 6.54 Å². The van der Waals surface area contributed by atoms with Crippen molar-refractivity contribution in [2.24, 2.45) is 5.73 Å². The molecule has 0 spiro atoms. The van der Waals surface area contributed by atoms with E-state index in [1.807, 2.05) is 50.2 Å². The molecule has 0 saturated carbocycles. The van der Waals surface area contributed by atoms with Gasteiger partial charge in [-0.05, 0) is 43.7 Å². The van der Waals surface area contributed by atoms with E-state index in [0.717, 1.165) is 33.8 Å². The quantitative estimate of drug-likeness (QED) is 0.804. The summed E-state index contributed by atoms with van der Waals surface area (Å²) < 4.78 is 0. The van der Waals surface area contributed by atoms with E-state index in [1.165, 1.54) is 0 Å². The van der Waals surface area contributed by atoms with Crippen LogP contribution in [0.3, 0.4) is 0 Å². The van der Waals surface area contributed by atoms with E-state index in [1.54, 1.807) is 6.20 Å². The molecule has 0 radical (unpaired) electrons. The van der Waals surface area contributed by atoms with Crippen molar-refractivity contribution in [3.63, 3.8) is 0 Å². The van der Waals surface area contributed by atoms with E-state index >= 15 is 0 Å². The van der Waals surface area contributed by atoms with Crippen LogP contribution in [0.1, 0.15) is 17.0 Å². The summed E-state index contributed by atoms with van der Waals surface area (Å²) >= 11 is 0. The first-order valence-corrected chi connectivity index (χ1v) is 7.24. The summed E-state index contributed by atoms with van der Waals surface area (Å²) in [5.41, 5.74) is 11.6. The maximum Gasteiger partial charge on any atom is 0.159 e. The lowest BCUT2D eigenvalue weighted by molar-refractivity contribution is 1.07. The van der Waals surface area contributed by atoms with Gasteiger partial charge in [0.1, 0.15) is 0 Å². The maximum atomic E-state index is 5.70. The normalized spacial score (nSPS) is 10.7. The number of benzene rings is 1. The Hall–Kier alpha value is -2.59. The third kappa shape index (κ3) is 2.87. The minimum atomic E-state index is 0.508. The van der Waals surface area contributed by atoms with Gasteiger partial charge in [-0.15, -0.1) is 0 Å². The van der Waals surface area contributed by atoms with Crippen molar-refractivity contribution in [1.82, 2.24) is 15.0 Å². The lowest BCUT2D eigenvalue weighted by atomic mass is 10.1. The minimum Gasteiger partial charge on any atom is -0.326 e. The summed E-state index contributed by atoms with van der Waals surface area (Å²) in [6, 6.07) is 14.0. The third-order valence-electron chi connectivity index (χ3n) is 3.58. The van der Waals surface area contributed by atoms with Crippen molar-refractivity contribution in [3.05, 3.63) is 65.6 Å². The topological polar surface area (TPSA) is 64.7 Å². The Morgan fingerprint density at radius 1 is 1.00 bits per heavy atom. The average Bonchev–Trinajstić information content (AvgIpc) is 2.55. The Bertz CT molecular complexity index is 812. The first-order chi connectivity index (χ1) is 10.7. The summed E-state index contributed by atoms with van der Waals surface area (Å²) in [4.78, 5) is 13.6. The van der Waals surface area contributed by atoms with Gasteiger partial charge in [0, 0.05) is 35.3 Å². The number of aromatic nitrogens is 3. The molecule has 0 aliphatic rings. The monoisotopic (exact) mass is 290 g/mol. The fraction of sp³-hybridized carbons (Fsp3) is 0.167. The van der Waals surface area contributed by atoms with Crippen LogP contribution in [0, 0.1) is 13.8 Å². The standard InChI is InChI=1S/C18H18N4/c1-12-6-7-16(13(2)21-12)17-8-9-20-18(22-17)15-5-3-4-14(10-15)11-19/h3-10H,11,19H2,1-2H3. The molecule has 2 heterocycles. The molecule has 1 aromatic carbocycles. The molecule has 0 fully saturated rings. The molecule has 3 rings (SSSR count). The van der Waals surface area contributed by atoms with Gasteiger partial charge in [0.15, 0.2) is 5.82 Å². The Kier molecular flexibility index (Phi) is 3.94. The van der Waals surface area contributed by atoms with Crippen LogP contribution in [0.4, 0.5) is 0 Å². The molecule has 4 nitrogen and oxygen atoms in total. The van der Waals surface area contributed by atoms with E-state index in [-0.39, 0.29) is 0 Å². The molecular weight excluding hydrogens is 272 g/mol. The van der Waals surface area contributed by atoms with Gasteiger partial charge in [-0.2, -0.15) is 0 Å². The van der Waals surface area contributed by atoms with Gasteiger partial charge in [0.05, 0.1) is 5.69 Å². The van der Waals surface area contributed by atoms with E-state index < -0.39 is 0 Å². The first kappa shape index (κ1) is 14.4. The summed E-state index contributed by atoms with van der Waals surface area (Å²) in [5.74, 6) is 0.702. The largest absolute Gasteiger partial charge is 0.326 e. The Morgan fingerprint density at radius 2 is 1.86 bits per heavy atom. The number of hydrogen-bond donors (Lipinski definition) is 1. The Balaban J connectivity index is 2.05. The zero-order valence-corrected chi connectivity index (χ0v) is 12.7. The second kappa shape index (κ2) is 6.03. The van der Waals surface area contributed by atoms with Crippen LogP contribution in [0.15, 0.2) is 48.7 Å². The molecule has 0 aliphatic carbocycles. The third-order valence-corrected chi connectivity index (χ3v) is 3.58. The summed E-state index contributed by atoms with van der Waals surface area (Å²) in [6.45, 7) is 4.49. The average molecular weight is 290 g/mol. The zero-order chi connectivity index (χ0) is 15.5. The summed E-state index contributed by atoms with van der Waals surface area (Å²) in [7, 11) is 0. The molecule has 22 heavy (non-hydrogen) atoms. The highest BCUT2D eigenvalue weighted by Crippen LogP contribution is 2.23. The fourth-order valence-corrected chi connectivity index (χ4v) is 2.44. The van der Waals surface area contributed by atoms with Gasteiger partial charge in [0.25, 0.3) is 0 Å². The van der Waals surface area contributed by atoms with Crippen LogP contribution in [0.5, 0.6) is 0 Å². The lowest BCUT2D eigenvalue weighted by Gasteiger charge is -2.08. The van der Waals surface area contributed by atoms with Gasteiger partial charge in [-0.1, -0.05) is 18.2 Å². The van der Waals surface area contributed by atoms with Crippen molar-refractivity contribution in [2.45, 2.75) is 20.4 Å². The fourth-order valence-electron chi connectivity index (χ4n) is 2.44. The number of aryl methyl sites for hydroxylation is 2. The highest BCUT2D eigenvalue weighted by molar-refractivity contribution is 5.65. The van der Waals surface area contributed by atoms with Crippen LogP contribution >= 0.6 is 0 Å². The van der Waals surface area contributed by atoms with Crippen molar-refractivity contribution in [2.75, 3.05) is 0 Å². The van der Waals surface area contributed by atoms with Crippen molar-refractivity contribution in [1.29, 1.82) is 0 Å². The van der Waals surface area contributed by atoms with Gasteiger partial charge >= 0.3 is 0 Å². The predicted octanol–water partition coefficient (Wildman–Crippen LogP) is 3.28. The maximum absolute atomic E-state index is 5.70. The smallest absolute Gasteiger partial charge is 0.159 e. The van der Waals surface area contributed by atoms with E-state index in [2.05, 4.69) is 21.0 Å². The van der Waals surface area contributed by atoms with Crippen molar-refractivity contribution < 1.29 is 0 Å². The molecule has 3 aromatic rings. The number of rotatable bonds is 3. The van der Waals surface area contributed by atoms with Gasteiger partial charge < -0.3 is 5.73 Å². The molecule has 0 bridgehead atoms. The van der Waals surface area contributed by atoms with E-state index in [9.17, 15) is 0 Å². The van der Waals surface area contributed by atoms with Crippen molar-refractivity contribution >= 4 is 0 Å². The van der Waals surface area contributed by atoms with Gasteiger partial charge in [-0.3, -0.25) is 4.98 Å². The van der Waals surface area contributed by atoms with Crippen LogP contribution in [-0.4, -0.2) is 15.0 Å². The number of nitrogens with zero attached hydrogens (tertiary/aromatic N) is 3. The van der Waals surface area contributed by atoms with E-state index in [4.69, 9.17) is 5.73 Å². The molecule has 0 saturated heterocycles. The lowest BCUT2D eigenvalue weighted by Crippen LogP contribution is -1.98. The molecule has 0 unspecified atom stereocenters. The van der Waals surface area contributed by atoms with Crippen molar-refractivity contribution in [3.8, 4) is 22.6 Å². The van der Waals surface area contributed by atoms with E-state index in [0.29, 0.717) is 12.4 Å². The van der Waals surface area contributed by atoms with Gasteiger partial charge in [-0.25, -0.2) is 9.97 Å². The summed E-state index contributed by atoms with van der Waals surface area (Å²) in [6.07, 6.45) is 1.78. The highest BCUT2D eigenvalue weighted by atomic mass is 14.9. The second-order valence-electron chi connectivity index (χ2n) is 5.26. The Morgan fingerprint density at radius 3 is 2.64 bits per heavy atom. The molecule has 2 aromatic heterocycles. The molecule has 0 amide bonds. The van der Waals surface area contributed by atoms with Gasteiger partial charge in [0.2, 0.25) is 0 Å². The second-order valence-corrected chi connectivity index (χ2v) is 5.26. The molecular formula is C18H18N4. The van der Waals surface area contributed by atoms with Crippen LogP contribution in [0.25, 0.3) is 22.6 Å². The first-order valence-electron chi connectivity index (χ1n) is 7.24. The zero-order valence-electron chi connectivity index (χ0n) is 12.7. The SMILES string of the molecule is Cc1ccc(-c2ccnc(-c3cccc(CN)c3)n2)c(C)n1. The predicted molar refractivity (Wildman–Crippen MR) is 88.1 cm³/mol. The Labute approximate surface area is 130 Å². The summed E-state index contributed by atoms with van der Waals surface area (Å²) in [5, 5.41) is 0. The molecule has 110 valence electrons. The molecule has 2 N–H and O–H groups in total. The van der Waals surface area contributed by atoms with Crippen LogP contribution < -0.4 is 5.73 Å². The molecule has 0 aliphatic heterocycles. The minimum absolute atomic E-state index is 0.508. The molecule has 0 atom stereocenters. The van der Waals surface area contributed by atoms with Crippen LogP contribution in [0.2, 0.25) is 0 Å². The number of nitrogens with two attached hydrogens (primary N) is 1. The number of hydrogen-bond acceptors (Lipinski definition) is 4.